The molecule has 4 nitrogen and oxygen atoms in total. The minimum absolute atomic E-state index is 0.681. The van der Waals surface area contributed by atoms with Crippen LogP contribution in [-0.4, -0.2) is 18.0 Å². The van der Waals surface area contributed by atoms with Gasteiger partial charge in [0.15, 0.2) is 0 Å². The lowest BCUT2D eigenvalue weighted by molar-refractivity contribution is -0.105. The molecular weight excluding hydrogens is 252 g/mol. The van der Waals surface area contributed by atoms with E-state index in [1.54, 1.807) is 0 Å². The summed E-state index contributed by atoms with van der Waals surface area (Å²) in [6.07, 6.45) is 1.67. The van der Waals surface area contributed by atoms with Gasteiger partial charge in [-0.1, -0.05) is 13.0 Å². The van der Waals surface area contributed by atoms with Crippen LogP contribution in [0.2, 0.25) is 0 Å². The summed E-state index contributed by atoms with van der Waals surface area (Å²) in [4.78, 5) is 13.8. The Morgan fingerprint density at radius 3 is 2.65 bits per heavy atom. The second-order valence-corrected chi connectivity index (χ2v) is 4.70. The molecule has 3 rings (SSSR count). The first-order valence-corrected chi connectivity index (χ1v) is 6.70. The van der Waals surface area contributed by atoms with Crippen LogP contribution < -0.4 is 10.1 Å². The Morgan fingerprint density at radius 2 is 1.90 bits per heavy atom. The number of anilines is 1. The summed E-state index contributed by atoms with van der Waals surface area (Å²) >= 11 is 0. The van der Waals surface area contributed by atoms with Gasteiger partial charge in [-0.25, -0.2) is 0 Å². The Hall–Kier alpha value is -2.49. The van der Waals surface area contributed by atoms with Crippen molar-refractivity contribution in [1.82, 2.24) is 4.98 Å². The maximum Gasteiger partial charge on any atom is 0.211 e. The molecule has 1 amide bonds. The van der Waals surface area contributed by atoms with E-state index in [2.05, 4.69) is 23.3 Å². The first kappa shape index (κ1) is 12.5. The van der Waals surface area contributed by atoms with Crippen molar-refractivity contribution in [3.63, 3.8) is 0 Å². The average molecular weight is 268 g/mol. The molecule has 0 aliphatic carbocycles. The van der Waals surface area contributed by atoms with E-state index in [-0.39, 0.29) is 0 Å². The lowest BCUT2D eigenvalue weighted by atomic mass is 10.1. The van der Waals surface area contributed by atoms with Gasteiger partial charge >= 0.3 is 0 Å². The number of aromatic amines is 1. The molecule has 0 radical (unpaired) electrons. The van der Waals surface area contributed by atoms with E-state index in [0.29, 0.717) is 6.41 Å². The molecule has 20 heavy (non-hydrogen) atoms. The third-order valence-corrected chi connectivity index (χ3v) is 3.27. The summed E-state index contributed by atoms with van der Waals surface area (Å²) in [7, 11) is 0. The van der Waals surface area contributed by atoms with Gasteiger partial charge in [-0.15, -0.1) is 0 Å². The molecule has 0 atom stereocenters. The highest BCUT2D eigenvalue weighted by Crippen LogP contribution is 2.29. The summed E-state index contributed by atoms with van der Waals surface area (Å²) in [5, 5.41) is 4.95. The molecule has 0 saturated carbocycles. The quantitative estimate of drug-likeness (QED) is 0.693. The zero-order valence-electron chi connectivity index (χ0n) is 11.3. The standard InChI is InChI=1S/C16H16N2O2/c1-2-7-20-12-4-6-14-13-5-3-11(17-10-19)8-15(13)18-16(14)9-12/h3-6,8-10,18H,2,7H2,1H3,(H,17,19). The van der Waals surface area contributed by atoms with Crippen LogP contribution in [0.15, 0.2) is 36.4 Å². The largest absolute Gasteiger partial charge is 0.494 e. The molecule has 2 N–H and O–H groups in total. The molecule has 3 aromatic rings. The van der Waals surface area contributed by atoms with Gasteiger partial charge in [-0.05, 0) is 30.7 Å². The van der Waals surface area contributed by atoms with Crippen LogP contribution in [0.4, 0.5) is 5.69 Å². The highest BCUT2D eigenvalue weighted by molar-refractivity contribution is 6.08. The predicted octanol–water partition coefficient (Wildman–Crippen LogP) is 3.68. The average Bonchev–Trinajstić information content (AvgIpc) is 2.82. The Labute approximate surface area is 116 Å². The van der Waals surface area contributed by atoms with E-state index in [0.717, 1.165) is 46.3 Å². The van der Waals surface area contributed by atoms with Crippen LogP contribution in [0.25, 0.3) is 21.8 Å². The maximum atomic E-state index is 10.5. The zero-order valence-corrected chi connectivity index (χ0v) is 11.3. The summed E-state index contributed by atoms with van der Waals surface area (Å²) < 4.78 is 5.64. The van der Waals surface area contributed by atoms with Crippen molar-refractivity contribution >= 4 is 33.9 Å². The van der Waals surface area contributed by atoms with Gasteiger partial charge in [0, 0.05) is 28.0 Å². The number of hydrogen-bond donors (Lipinski definition) is 2. The lowest BCUT2D eigenvalue weighted by Gasteiger charge is -2.03. The van der Waals surface area contributed by atoms with E-state index >= 15 is 0 Å². The first-order valence-electron chi connectivity index (χ1n) is 6.70. The number of nitrogens with one attached hydrogen (secondary N) is 2. The molecule has 2 aromatic carbocycles. The number of carbonyl (C=O) groups is 1. The molecule has 4 heteroatoms. The topological polar surface area (TPSA) is 54.1 Å². The predicted molar refractivity (Wildman–Crippen MR) is 81.3 cm³/mol. The lowest BCUT2D eigenvalue weighted by Crippen LogP contribution is -1.94. The van der Waals surface area contributed by atoms with Crippen molar-refractivity contribution in [3.05, 3.63) is 36.4 Å². The molecule has 1 aromatic heterocycles. The fourth-order valence-corrected chi connectivity index (χ4v) is 2.36. The number of H-pyrrole nitrogens is 1. The number of fused-ring (bicyclic) bond motifs is 3. The van der Waals surface area contributed by atoms with Gasteiger partial charge in [-0.2, -0.15) is 0 Å². The molecular formula is C16H16N2O2. The molecule has 0 aliphatic heterocycles. The van der Waals surface area contributed by atoms with E-state index in [1.165, 1.54) is 0 Å². The molecule has 0 unspecified atom stereocenters. The van der Waals surface area contributed by atoms with Gasteiger partial charge in [0.2, 0.25) is 6.41 Å². The van der Waals surface area contributed by atoms with Crippen LogP contribution in [-0.2, 0) is 4.79 Å². The Morgan fingerprint density at radius 1 is 1.15 bits per heavy atom. The van der Waals surface area contributed by atoms with Gasteiger partial charge in [0.25, 0.3) is 0 Å². The monoisotopic (exact) mass is 268 g/mol. The Balaban J connectivity index is 2.07. The number of hydrogen-bond acceptors (Lipinski definition) is 2. The minimum atomic E-state index is 0.681. The highest BCUT2D eigenvalue weighted by Gasteiger charge is 2.06. The molecule has 0 spiro atoms. The van der Waals surface area contributed by atoms with E-state index < -0.39 is 0 Å². The fourth-order valence-electron chi connectivity index (χ4n) is 2.36. The Bertz CT molecular complexity index is 762. The van der Waals surface area contributed by atoms with Crippen molar-refractivity contribution in [2.24, 2.45) is 0 Å². The number of amides is 1. The summed E-state index contributed by atoms with van der Waals surface area (Å²) in [5.41, 5.74) is 2.82. The summed E-state index contributed by atoms with van der Waals surface area (Å²) in [6.45, 7) is 2.81. The number of benzene rings is 2. The van der Waals surface area contributed by atoms with Gasteiger partial charge in [0.05, 0.1) is 12.1 Å². The van der Waals surface area contributed by atoms with Crippen LogP contribution in [0.3, 0.4) is 0 Å². The molecule has 0 fully saturated rings. The molecule has 1 heterocycles. The van der Waals surface area contributed by atoms with Crippen molar-refractivity contribution in [1.29, 1.82) is 0 Å². The first-order chi connectivity index (χ1) is 9.81. The molecule has 0 aliphatic rings. The highest BCUT2D eigenvalue weighted by atomic mass is 16.5. The second-order valence-electron chi connectivity index (χ2n) is 4.70. The number of ether oxygens (including phenoxy) is 1. The molecule has 0 bridgehead atoms. The van der Waals surface area contributed by atoms with Crippen molar-refractivity contribution in [3.8, 4) is 5.75 Å². The number of carbonyl (C=O) groups excluding carboxylic acids is 1. The van der Waals surface area contributed by atoms with Crippen molar-refractivity contribution < 1.29 is 9.53 Å². The smallest absolute Gasteiger partial charge is 0.211 e. The van der Waals surface area contributed by atoms with Crippen LogP contribution in [0.1, 0.15) is 13.3 Å². The number of aromatic nitrogens is 1. The summed E-state index contributed by atoms with van der Waals surface area (Å²) in [6, 6.07) is 11.9. The van der Waals surface area contributed by atoms with Crippen LogP contribution in [0.5, 0.6) is 5.75 Å². The zero-order chi connectivity index (χ0) is 13.9. The molecule has 102 valence electrons. The van der Waals surface area contributed by atoms with Crippen molar-refractivity contribution in [2.75, 3.05) is 11.9 Å². The fraction of sp³-hybridized carbons (Fsp3) is 0.188. The van der Waals surface area contributed by atoms with E-state index in [9.17, 15) is 4.79 Å². The SMILES string of the molecule is CCCOc1ccc2c(c1)[nH]c1cc(NC=O)ccc12. The van der Waals surface area contributed by atoms with Crippen molar-refractivity contribution in [2.45, 2.75) is 13.3 Å². The van der Waals surface area contributed by atoms with Gasteiger partial charge in [0.1, 0.15) is 5.75 Å². The van der Waals surface area contributed by atoms with Crippen LogP contribution in [0, 0.1) is 0 Å². The number of rotatable bonds is 5. The van der Waals surface area contributed by atoms with Gasteiger partial charge < -0.3 is 15.0 Å². The van der Waals surface area contributed by atoms with E-state index in [1.807, 2.05) is 30.3 Å². The van der Waals surface area contributed by atoms with E-state index in [4.69, 9.17) is 4.74 Å². The van der Waals surface area contributed by atoms with Gasteiger partial charge in [-0.3, -0.25) is 4.79 Å². The second kappa shape index (κ2) is 5.25. The molecule has 0 saturated heterocycles. The third kappa shape index (κ3) is 2.20. The third-order valence-electron chi connectivity index (χ3n) is 3.27. The minimum Gasteiger partial charge on any atom is -0.494 e. The normalized spacial score (nSPS) is 10.8. The maximum absolute atomic E-state index is 10.5. The summed E-state index contributed by atoms with van der Waals surface area (Å²) in [5.74, 6) is 0.872. The Kier molecular flexibility index (Phi) is 3.29. The van der Waals surface area contributed by atoms with Crippen LogP contribution >= 0.6 is 0 Å².